The van der Waals surface area contributed by atoms with Crippen LogP contribution in [0.3, 0.4) is 0 Å². The first-order valence-corrected chi connectivity index (χ1v) is 9.87. The lowest BCUT2D eigenvalue weighted by Crippen LogP contribution is -2.56. The Morgan fingerprint density at radius 1 is 1.24 bits per heavy atom. The average molecular weight is 404 g/mol. The molecule has 0 radical (unpaired) electrons. The minimum atomic E-state index is -1.45. The SMILES string of the molecule is Nc1c(F)c(C2CC3CC(N)C3CN2)c(F)c2c1c(=O)c(C(=O)O)cn2C1CC1. The Balaban J connectivity index is 1.73. The summed E-state index contributed by atoms with van der Waals surface area (Å²) in [5.74, 6) is -2.68. The standard InChI is InChI=1S/C20H22F2N4O3/c21-15-13(12-4-7-3-11(23)9(7)5-25-12)16(22)18-14(17(15)24)19(27)10(20(28)29)6-26(18)8-1-2-8/h6-9,11-12,25H,1-5,23-24H2,(H,28,29). The van der Waals surface area contributed by atoms with E-state index in [0.29, 0.717) is 24.8 Å². The molecule has 6 N–H and O–H groups in total. The van der Waals surface area contributed by atoms with Crippen LogP contribution in [0.5, 0.6) is 0 Å². The van der Waals surface area contributed by atoms with E-state index in [1.807, 2.05) is 0 Å². The van der Waals surface area contributed by atoms with Crippen molar-refractivity contribution in [3.63, 3.8) is 0 Å². The van der Waals surface area contributed by atoms with Gasteiger partial charge >= 0.3 is 5.97 Å². The number of aromatic carboxylic acids is 1. The van der Waals surface area contributed by atoms with E-state index < -0.39 is 45.7 Å². The van der Waals surface area contributed by atoms with Gasteiger partial charge in [0.05, 0.1) is 16.6 Å². The van der Waals surface area contributed by atoms with Crippen molar-refractivity contribution in [3.05, 3.63) is 39.2 Å². The van der Waals surface area contributed by atoms with Crippen molar-refractivity contribution < 1.29 is 18.7 Å². The molecule has 4 atom stereocenters. The normalized spacial score (nSPS) is 28.8. The summed E-state index contributed by atoms with van der Waals surface area (Å²) in [6.07, 6.45) is 3.98. The number of anilines is 1. The van der Waals surface area contributed by atoms with Crippen LogP contribution in [0.25, 0.3) is 10.9 Å². The lowest BCUT2D eigenvalue weighted by molar-refractivity contribution is 0.0694. The Bertz CT molecular complexity index is 1110. The molecule has 7 nitrogen and oxygen atoms in total. The average Bonchev–Trinajstić information content (AvgIpc) is 3.50. The van der Waals surface area contributed by atoms with E-state index in [9.17, 15) is 14.7 Å². The van der Waals surface area contributed by atoms with Gasteiger partial charge in [0.25, 0.3) is 0 Å². The molecule has 0 amide bonds. The molecular weight excluding hydrogens is 382 g/mol. The molecule has 0 bridgehead atoms. The molecule has 3 fully saturated rings. The number of nitrogen functional groups attached to an aromatic ring is 1. The zero-order chi connectivity index (χ0) is 20.6. The number of rotatable bonds is 3. The Morgan fingerprint density at radius 2 is 1.97 bits per heavy atom. The molecule has 2 saturated carbocycles. The number of aromatic nitrogens is 1. The van der Waals surface area contributed by atoms with Crippen LogP contribution >= 0.6 is 0 Å². The Labute approximate surface area is 164 Å². The number of pyridine rings is 1. The number of nitrogens with zero attached hydrogens (tertiary/aromatic N) is 1. The number of carboxylic acids is 1. The molecule has 1 aromatic carbocycles. The van der Waals surface area contributed by atoms with Crippen LogP contribution in [-0.2, 0) is 0 Å². The third-order valence-corrected chi connectivity index (χ3v) is 6.81. The van der Waals surface area contributed by atoms with Crippen molar-refractivity contribution >= 4 is 22.6 Å². The van der Waals surface area contributed by atoms with Gasteiger partial charge in [-0.3, -0.25) is 4.79 Å². The molecule has 2 heterocycles. The zero-order valence-corrected chi connectivity index (χ0v) is 15.6. The largest absolute Gasteiger partial charge is 0.477 e. The first-order chi connectivity index (χ1) is 13.8. The first kappa shape index (κ1) is 18.5. The molecule has 4 unspecified atom stereocenters. The van der Waals surface area contributed by atoms with Gasteiger partial charge in [-0.15, -0.1) is 0 Å². The van der Waals surface area contributed by atoms with Crippen molar-refractivity contribution in [2.75, 3.05) is 12.3 Å². The van der Waals surface area contributed by atoms with E-state index in [1.54, 1.807) is 0 Å². The summed E-state index contributed by atoms with van der Waals surface area (Å²) >= 11 is 0. The van der Waals surface area contributed by atoms with Gasteiger partial charge in [0.1, 0.15) is 5.56 Å². The van der Waals surface area contributed by atoms with E-state index in [4.69, 9.17) is 11.5 Å². The number of fused-ring (bicyclic) bond motifs is 2. The first-order valence-electron chi connectivity index (χ1n) is 9.87. The Kier molecular flexibility index (Phi) is 3.98. The quantitative estimate of drug-likeness (QED) is 0.580. The van der Waals surface area contributed by atoms with Crippen molar-refractivity contribution in [1.82, 2.24) is 9.88 Å². The van der Waals surface area contributed by atoms with E-state index >= 15 is 8.78 Å². The minimum Gasteiger partial charge on any atom is -0.477 e. The van der Waals surface area contributed by atoms with E-state index in [1.165, 1.54) is 4.57 Å². The molecule has 0 spiro atoms. The minimum absolute atomic E-state index is 0.106. The second kappa shape index (κ2) is 6.24. The van der Waals surface area contributed by atoms with Crippen LogP contribution in [0.4, 0.5) is 14.5 Å². The summed E-state index contributed by atoms with van der Waals surface area (Å²) in [7, 11) is 0. The van der Waals surface area contributed by atoms with Gasteiger partial charge in [0.15, 0.2) is 11.6 Å². The number of nitrogens with two attached hydrogens (primary N) is 2. The maximum absolute atomic E-state index is 15.7. The van der Waals surface area contributed by atoms with Crippen LogP contribution in [0.15, 0.2) is 11.0 Å². The predicted octanol–water partition coefficient (Wildman–Crippen LogP) is 1.89. The van der Waals surface area contributed by atoms with Crippen molar-refractivity contribution in [2.45, 2.75) is 43.8 Å². The van der Waals surface area contributed by atoms with Crippen LogP contribution in [0.2, 0.25) is 0 Å². The fourth-order valence-electron chi connectivity index (χ4n) is 5.01. The van der Waals surface area contributed by atoms with Gasteiger partial charge in [-0.2, -0.15) is 0 Å². The summed E-state index contributed by atoms with van der Waals surface area (Å²) in [5.41, 5.74) is 9.68. The van der Waals surface area contributed by atoms with E-state index in [-0.39, 0.29) is 23.2 Å². The highest BCUT2D eigenvalue weighted by atomic mass is 19.1. The number of carbonyl (C=O) groups is 1. The van der Waals surface area contributed by atoms with Gasteiger partial charge < -0.3 is 26.5 Å². The maximum atomic E-state index is 15.7. The second-order valence-corrected chi connectivity index (χ2v) is 8.51. The summed E-state index contributed by atoms with van der Waals surface area (Å²) < 4.78 is 32.4. The van der Waals surface area contributed by atoms with E-state index in [0.717, 1.165) is 25.5 Å². The number of halogens is 2. The molecule has 2 aliphatic carbocycles. The number of carboxylic acid groups (broad SMARTS) is 1. The summed E-state index contributed by atoms with van der Waals surface area (Å²) in [4.78, 5) is 24.2. The number of benzene rings is 1. The molecule has 5 rings (SSSR count). The van der Waals surface area contributed by atoms with Crippen LogP contribution in [-0.4, -0.2) is 28.2 Å². The van der Waals surface area contributed by atoms with E-state index in [2.05, 4.69) is 5.32 Å². The fourth-order valence-corrected chi connectivity index (χ4v) is 5.01. The lowest BCUT2D eigenvalue weighted by atomic mass is 9.64. The number of hydrogen-bond donors (Lipinski definition) is 4. The Morgan fingerprint density at radius 3 is 2.55 bits per heavy atom. The van der Waals surface area contributed by atoms with Crippen molar-refractivity contribution in [2.24, 2.45) is 17.6 Å². The smallest absolute Gasteiger partial charge is 0.341 e. The van der Waals surface area contributed by atoms with Crippen LogP contribution in [0, 0.1) is 23.5 Å². The molecule has 3 aliphatic rings. The molecule has 2 aromatic rings. The van der Waals surface area contributed by atoms with Crippen LogP contribution in [0.1, 0.15) is 53.7 Å². The number of hydrogen-bond acceptors (Lipinski definition) is 5. The lowest BCUT2D eigenvalue weighted by Gasteiger charge is -2.49. The molecule has 1 aliphatic heterocycles. The van der Waals surface area contributed by atoms with Gasteiger partial charge in [-0.25, -0.2) is 13.6 Å². The molecule has 1 saturated heterocycles. The van der Waals surface area contributed by atoms with Crippen molar-refractivity contribution in [3.8, 4) is 0 Å². The predicted molar refractivity (Wildman–Crippen MR) is 103 cm³/mol. The third kappa shape index (κ3) is 2.60. The fraction of sp³-hybridized carbons (Fsp3) is 0.500. The maximum Gasteiger partial charge on any atom is 0.341 e. The van der Waals surface area contributed by atoms with Gasteiger partial charge in [0.2, 0.25) is 5.43 Å². The van der Waals surface area contributed by atoms with Gasteiger partial charge in [0, 0.05) is 36.4 Å². The monoisotopic (exact) mass is 404 g/mol. The molecule has 1 aromatic heterocycles. The highest BCUT2D eigenvalue weighted by Gasteiger charge is 2.44. The van der Waals surface area contributed by atoms with Crippen LogP contribution < -0.4 is 22.2 Å². The molecule has 29 heavy (non-hydrogen) atoms. The number of nitrogens with one attached hydrogen (secondary N) is 1. The zero-order valence-electron chi connectivity index (χ0n) is 15.6. The van der Waals surface area contributed by atoms with Gasteiger partial charge in [-0.1, -0.05) is 0 Å². The summed E-state index contributed by atoms with van der Waals surface area (Å²) in [6, 6.07) is -0.589. The third-order valence-electron chi connectivity index (χ3n) is 6.81. The Hall–Kier alpha value is -2.52. The van der Waals surface area contributed by atoms with Crippen molar-refractivity contribution in [1.29, 1.82) is 0 Å². The topological polar surface area (TPSA) is 123 Å². The van der Waals surface area contributed by atoms with Gasteiger partial charge in [-0.05, 0) is 37.5 Å². The highest BCUT2D eigenvalue weighted by molar-refractivity contribution is 5.98. The molecule has 154 valence electrons. The molecule has 9 heteroatoms. The highest BCUT2D eigenvalue weighted by Crippen LogP contribution is 2.46. The summed E-state index contributed by atoms with van der Waals surface area (Å²) in [5, 5.41) is 12.1. The second-order valence-electron chi connectivity index (χ2n) is 8.51. The number of piperidine rings is 1. The summed E-state index contributed by atoms with van der Waals surface area (Å²) in [6.45, 7) is 0.570. The molecular formula is C20H22F2N4O3.